The summed E-state index contributed by atoms with van der Waals surface area (Å²) in [6, 6.07) is 9.70. The SMILES string of the molecule is CN[C@@H](C)C(=O)N[C@H]1CCS[C@H]2CC(C)(C)[C@@H](C(=O)N[C@H]3c4ccccc4C[C@H]3C(=O)NCC#CC#CCNC(=O)[C@@H]3Cc4ccccc4[C@@H]3NC(=O)[C@H]3N4C(=O)[C@@H](NC(=O)[C@H](C)NC)CCS[C@H]4CC3(C)C)N2C1=O. The number of amides is 8. The van der Waals surface area contributed by atoms with Crippen LogP contribution in [0.1, 0.15) is 102 Å². The highest BCUT2D eigenvalue weighted by atomic mass is 32.2. The Labute approximate surface area is 454 Å². The van der Waals surface area contributed by atoms with Crippen LogP contribution in [-0.2, 0) is 51.2 Å². The normalized spacial score (nSPS) is 28.4. The standard InChI is InChI=1S/C56H72N10O8S2/c1-31(57-7)47(67)61-39-21-25-75-41-29-55(3,4)45(65(41)53(39)73)51(71)63-43-35-19-13-11-17-33(35)27-37(43)49(69)59-23-15-9-10-16-24-60-50(70)38-28-34-18-12-14-20-36(34)44(38)64-52(72)46-56(5,6)30-42-66(46)54(74)40(22-26-76-42)62-48(68)32(2)58-8/h11-14,17-20,31-32,37-46,57-58H,21-30H2,1-8H3,(H,59,69)(H,60,70)(H,61,67)(H,62,68)(H,63,71)(H,64,72)/t31-,32-,37+,38+,39-,40-,41-,42-,43-,44-,45+,46+/m0/s1. The first-order chi connectivity index (χ1) is 36.3. The van der Waals surface area contributed by atoms with E-state index in [4.69, 9.17) is 0 Å². The number of fused-ring (bicyclic) bond motifs is 4. The molecule has 2 aliphatic carbocycles. The predicted molar refractivity (Wildman–Crippen MR) is 291 cm³/mol. The Kier molecular flexibility index (Phi) is 17.5. The molecule has 0 unspecified atom stereocenters. The zero-order valence-electron chi connectivity index (χ0n) is 44.6. The summed E-state index contributed by atoms with van der Waals surface area (Å²) in [6.07, 6.45) is 2.86. The van der Waals surface area contributed by atoms with E-state index >= 15 is 0 Å². The first-order valence-electron chi connectivity index (χ1n) is 26.4. The van der Waals surface area contributed by atoms with E-state index in [2.05, 4.69) is 66.2 Å². The van der Waals surface area contributed by atoms with Gasteiger partial charge in [0.15, 0.2) is 0 Å². The van der Waals surface area contributed by atoms with Crippen molar-refractivity contribution in [3.63, 3.8) is 0 Å². The Morgan fingerprint density at radius 3 is 1.36 bits per heavy atom. The summed E-state index contributed by atoms with van der Waals surface area (Å²) in [5.74, 6) is 8.75. The fourth-order valence-electron chi connectivity index (χ4n) is 11.8. The van der Waals surface area contributed by atoms with Crippen LogP contribution in [0.15, 0.2) is 48.5 Å². The fraction of sp³-hybridized carbons (Fsp3) is 0.571. The number of carbonyl (C=O) groups excluding carboxylic acids is 8. The molecule has 0 spiro atoms. The summed E-state index contributed by atoms with van der Waals surface area (Å²) in [5, 5.41) is 23.3. The van der Waals surface area contributed by atoms with Crippen molar-refractivity contribution in [1.82, 2.24) is 52.3 Å². The van der Waals surface area contributed by atoms with Gasteiger partial charge in [-0.3, -0.25) is 38.4 Å². The van der Waals surface area contributed by atoms with Crippen molar-refractivity contribution in [3.8, 4) is 23.7 Å². The molecule has 2 aromatic carbocycles. The lowest BCUT2D eigenvalue weighted by molar-refractivity contribution is -0.144. The van der Waals surface area contributed by atoms with Crippen molar-refractivity contribution >= 4 is 70.8 Å². The molecular weight excluding hydrogens is 1000 g/mol. The van der Waals surface area contributed by atoms with E-state index in [1.54, 1.807) is 61.3 Å². The van der Waals surface area contributed by atoms with Crippen molar-refractivity contribution in [3.05, 3.63) is 70.8 Å². The fourth-order valence-corrected chi connectivity index (χ4v) is 14.9. The van der Waals surface area contributed by atoms with Crippen molar-refractivity contribution in [2.24, 2.45) is 22.7 Å². The zero-order chi connectivity index (χ0) is 54.6. The summed E-state index contributed by atoms with van der Waals surface area (Å²) < 4.78 is 0. The largest absolute Gasteiger partial charge is 0.347 e. The zero-order valence-corrected chi connectivity index (χ0v) is 46.2. The highest BCUT2D eigenvalue weighted by molar-refractivity contribution is 8.00. The lowest BCUT2D eigenvalue weighted by Gasteiger charge is -2.35. The van der Waals surface area contributed by atoms with Gasteiger partial charge < -0.3 is 52.3 Å². The molecule has 4 saturated heterocycles. The molecule has 406 valence electrons. The number of rotatable bonds is 14. The summed E-state index contributed by atoms with van der Waals surface area (Å²) in [7, 11) is 3.35. The van der Waals surface area contributed by atoms with Gasteiger partial charge in [-0.2, -0.15) is 0 Å². The van der Waals surface area contributed by atoms with Gasteiger partial charge in [0, 0.05) is 0 Å². The maximum Gasteiger partial charge on any atom is 0.246 e. The molecule has 4 fully saturated rings. The van der Waals surface area contributed by atoms with Gasteiger partial charge in [0.2, 0.25) is 47.3 Å². The van der Waals surface area contributed by atoms with Crippen molar-refractivity contribution in [2.45, 2.75) is 139 Å². The lowest BCUT2D eigenvalue weighted by Crippen LogP contribution is -2.58. The third-order valence-electron chi connectivity index (χ3n) is 16.1. The van der Waals surface area contributed by atoms with Crippen molar-refractivity contribution in [1.29, 1.82) is 0 Å². The molecule has 12 atom stereocenters. The second-order valence-electron chi connectivity index (χ2n) is 22.1. The second-order valence-corrected chi connectivity index (χ2v) is 24.7. The molecule has 0 radical (unpaired) electrons. The maximum atomic E-state index is 14.5. The van der Waals surface area contributed by atoms with Crippen LogP contribution in [0.3, 0.4) is 0 Å². The van der Waals surface area contributed by atoms with Crippen LogP contribution in [0.25, 0.3) is 0 Å². The third kappa shape index (κ3) is 11.8. The molecular formula is C56H72N10O8S2. The average Bonchev–Trinajstić information content (AvgIpc) is 4.08. The van der Waals surface area contributed by atoms with E-state index in [0.29, 0.717) is 50.0 Å². The third-order valence-corrected chi connectivity index (χ3v) is 18.6. The Morgan fingerprint density at radius 1 is 0.592 bits per heavy atom. The molecule has 4 aliphatic heterocycles. The number of hydrogen-bond acceptors (Lipinski definition) is 12. The lowest BCUT2D eigenvalue weighted by atomic mass is 9.83. The van der Waals surface area contributed by atoms with Gasteiger partial charge in [0.25, 0.3) is 0 Å². The highest BCUT2D eigenvalue weighted by Gasteiger charge is 2.57. The smallest absolute Gasteiger partial charge is 0.246 e. The molecule has 18 nitrogen and oxygen atoms in total. The van der Waals surface area contributed by atoms with E-state index in [-0.39, 0.29) is 71.1 Å². The van der Waals surface area contributed by atoms with Gasteiger partial charge in [-0.25, -0.2) is 0 Å². The topological polar surface area (TPSA) is 239 Å². The summed E-state index contributed by atoms with van der Waals surface area (Å²) in [6.45, 7) is 11.3. The van der Waals surface area contributed by atoms with E-state index in [1.807, 2.05) is 76.2 Å². The molecule has 0 bridgehead atoms. The number of benzene rings is 2. The Bertz CT molecular complexity index is 2570. The van der Waals surface area contributed by atoms with E-state index in [9.17, 15) is 38.4 Å². The quantitative estimate of drug-likeness (QED) is 0.126. The van der Waals surface area contributed by atoms with Gasteiger partial charge in [0.05, 0.1) is 59.8 Å². The van der Waals surface area contributed by atoms with Crippen molar-refractivity contribution < 1.29 is 38.4 Å². The molecule has 8 amide bonds. The highest BCUT2D eigenvalue weighted by Crippen LogP contribution is 2.49. The van der Waals surface area contributed by atoms with Crippen LogP contribution in [0.2, 0.25) is 0 Å². The minimum atomic E-state index is -0.835. The van der Waals surface area contributed by atoms with Crippen LogP contribution in [0.5, 0.6) is 0 Å². The van der Waals surface area contributed by atoms with Gasteiger partial charge >= 0.3 is 0 Å². The van der Waals surface area contributed by atoms with Crippen molar-refractivity contribution in [2.75, 3.05) is 38.7 Å². The van der Waals surface area contributed by atoms with Gasteiger partial charge in [0.1, 0.15) is 24.2 Å². The van der Waals surface area contributed by atoms with E-state index < -0.39 is 71.0 Å². The summed E-state index contributed by atoms with van der Waals surface area (Å²) >= 11 is 3.23. The van der Waals surface area contributed by atoms with E-state index in [1.165, 1.54) is 0 Å². The summed E-state index contributed by atoms with van der Waals surface area (Å²) in [4.78, 5) is 114. The molecule has 8 N–H and O–H groups in total. The van der Waals surface area contributed by atoms with Crippen LogP contribution in [0, 0.1) is 46.3 Å². The number of thioether (sulfide) groups is 2. The van der Waals surface area contributed by atoms with Gasteiger partial charge in [-0.15, -0.1) is 23.5 Å². The Balaban J connectivity index is 0.872. The molecule has 8 rings (SSSR count). The molecule has 0 aromatic heterocycles. The Hall–Kier alpha value is -6.06. The maximum absolute atomic E-state index is 14.5. The number of likely N-dealkylation sites (N-methyl/N-ethyl adjacent to an activating group) is 2. The molecule has 76 heavy (non-hydrogen) atoms. The second kappa shape index (κ2) is 23.7. The van der Waals surface area contributed by atoms with Gasteiger partial charge in [-0.05, 0) is 123 Å². The van der Waals surface area contributed by atoms with Gasteiger partial charge in [-0.1, -0.05) is 88.1 Å². The molecule has 2 aromatic rings. The minimum Gasteiger partial charge on any atom is -0.347 e. The summed E-state index contributed by atoms with van der Waals surface area (Å²) in [5.41, 5.74) is 2.35. The van der Waals surface area contributed by atoms with Crippen LogP contribution in [0.4, 0.5) is 0 Å². The van der Waals surface area contributed by atoms with E-state index in [0.717, 1.165) is 22.3 Å². The number of carbonyl (C=O) groups is 8. The first-order valence-corrected chi connectivity index (χ1v) is 28.5. The monoisotopic (exact) mass is 1080 g/mol. The van der Waals surface area contributed by atoms with Crippen LogP contribution >= 0.6 is 23.5 Å². The average molecular weight is 1080 g/mol. The number of nitrogens with one attached hydrogen (secondary N) is 8. The van der Waals surface area contributed by atoms with Crippen LogP contribution in [-0.4, -0.2) is 143 Å². The number of nitrogens with zero attached hydrogens (tertiary/aromatic N) is 2. The molecule has 20 heteroatoms. The molecule has 6 aliphatic rings. The molecule has 4 heterocycles. The first kappa shape index (κ1) is 56.2. The minimum absolute atomic E-state index is 0.0176. The number of hydrogen-bond donors (Lipinski definition) is 8. The van der Waals surface area contributed by atoms with Crippen LogP contribution < -0.4 is 42.5 Å². The molecule has 0 saturated carbocycles. The Morgan fingerprint density at radius 2 is 0.974 bits per heavy atom. The predicted octanol–water partition coefficient (Wildman–Crippen LogP) is 1.65.